The molecule has 0 radical (unpaired) electrons. The topological polar surface area (TPSA) is 66.8 Å². The Labute approximate surface area is 183 Å². The van der Waals surface area contributed by atoms with Crippen LogP contribution in [0.5, 0.6) is 0 Å². The molecular weight excluding hydrogens is 376 g/mol. The Morgan fingerprint density at radius 2 is 1.83 bits per heavy atom. The van der Waals surface area contributed by atoms with Crippen LogP contribution in [0.25, 0.3) is 0 Å². The Balaban J connectivity index is 1.50. The van der Waals surface area contributed by atoms with Crippen LogP contribution in [-0.2, 0) is 9.53 Å². The maximum Gasteiger partial charge on any atom is 0.305 e. The van der Waals surface area contributed by atoms with Crippen molar-refractivity contribution >= 4 is 5.97 Å². The number of hydrogen-bond donors (Lipinski definition) is 2. The maximum atomic E-state index is 11.9. The molecule has 0 aliphatic heterocycles. The van der Waals surface area contributed by atoms with Crippen molar-refractivity contribution in [3.63, 3.8) is 0 Å². The third-order valence-electron chi connectivity index (χ3n) is 10.6. The summed E-state index contributed by atoms with van der Waals surface area (Å²) in [5, 5.41) is 21.8. The van der Waals surface area contributed by atoms with Crippen LogP contribution in [0.15, 0.2) is 0 Å². The lowest BCUT2D eigenvalue weighted by atomic mass is 9.43. The van der Waals surface area contributed by atoms with E-state index in [0.717, 1.165) is 38.0 Å². The quantitative estimate of drug-likeness (QED) is 0.617. The lowest BCUT2D eigenvalue weighted by Gasteiger charge is -2.62. The fourth-order valence-electron chi connectivity index (χ4n) is 8.94. The molecule has 0 spiro atoms. The second-order valence-corrected chi connectivity index (χ2v) is 11.7. The highest BCUT2D eigenvalue weighted by Crippen LogP contribution is 2.68. The summed E-state index contributed by atoms with van der Waals surface area (Å²) >= 11 is 0. The van der Waals surface area contributed by atoms with Crippen molar-refractivity contribution in [2.45, 2.75) is 104 Å². The molecule has 4 aliphatic rings. The smallest absolute Gasteiger partial charge is 0.305 e. The minimum absolute atomic E-state index is 0.0212. The van der Waals surface area contributed by atoms with Gasteiger partial charge in [-0.1, -0.05) is 20.8 Å². The molecule has 2 N–H and O–H groups in total. The zero-order valence-electron chi connectivity index (χ0n) is 19.6. The average Bonchev–Trinajstić information content (AvgIpc) is 3.07. The van der Waals surface area contributed by atoms with Crippen LogP contribution in [0.1, 0.15) is 91.9 Å². The average molecular weight is 421 g/mol. The van der Waals surface area contributed by atoms with Gasteiger partial charge in [0.2, 0.25) is 0 Å². The van der Waals surface area contributed by atoms with Gasteiger partial charge < -0.3 is 14.9 Å². The van der Waals surface area contributed by atoms with Crippen LogP contribution >= 0.6 is 0 Å². The second kappa shape index (κ2) is 8.39. The predicted molar refractivity (Wildman–Crippen MR) is 118 cm³/mol. The molecule has 4 saturated carbocycles. The van der Waals surface area contributed by atoms with Gasteiger partial charge in [0.1, 0.15) is 0 Å². The standard InChI is InChI=1S/C26H44O4/c1-5-30-24(29)11-6-16(2)20-9-10-21-19-8-7-17-14-18(27)12-13-25(17,3)22(19)15-23(28)26(20,21)4/h16-23,27-28H,5-15H2,1-4H3/t16-,17+,18-,19+,20-,21?,22?,23+,25+,26-/m1/s1. The molecule has 4 fully saturated rings. The summed E-state index contributed by atoms with van der Waals surface area (Å²) in [6.07, 6.45) is 9.88. The Morgan fingerprint density at radius 3 is 2.57 bits per heavy atom. The molecule has 0 bridgehead atoms. The fourth-order valence-corrected chi connectivity index (χ4v) is 8.94. The Morgan fingerprint density at radius 1 is 1.07 bits per heavy atom. The molecule has 4 rings (SSSR count). The van der Waals surface area contributed by atoms with E-state index in [4.69, 9.17) is 4.74 Å². The highest BCUT2D eigenvalue weighted by Gasteiger charge is 2.63. The summed E-state index contributed by atoms with van der Waals surface area (Å²) < 4.78 is 5.14. The van der Waals surface area contributed by atoms with E-state index in [9.17, 15) is 15.0 Å². The van der Waals surface area contributed by atoms with Crippen LogP contribution in [-0.4, -0.2) is 35.0 Å². The monoisotopic (exact) mass is 420 g/mol. The normalized spacial score (nSPS) is 48.9. The number of esters is 1. The molecule has 0 aromatic heterocycles. The third kappa shape index (κ3) is 3.54. The van der Waals surface area contributed by atoms with Crippen molar-refractivity contribution in [1.82, 2.24) is 0 Å². The van der Waals surface area contributed by atoms with Gasteiger partial charge in [-0.25, -0.2) is 0 Å². The van der Waals surface area contributed by atoms with Crippen molar-refractivity contribution in [2.75, 3.05) is 6.61 Å². The van der Waals surface area contributed by atoms with Crippen LogP contribution < -0.4 is 0 Å². The predicted octanol–water partition coefficient (Wildman–Crippen LogP) is 4.96. The Kier molecular flexibility index (Phi) is 6.31. The SMILES string of the molecule is CCOC(=O)CC[C@@H](C)[C@H]1CCC2[C@@H]3CC[C@H]4C[C@H](O)CC[C@]4(C)C3C[C@H](O)[C@@]21C. The van der Waals surface area contributed by atoms with Crippen LogP contribution in [0.4, 0.5) is 0 Å². The highest BCUT2D eigenvalue weighted by molar-refractivity contribution is 5.69. The van der Waals surface area contributed by atoms with Gasteiger partial charge in [-0.05, 0) is 111 Å². The first kappa shape index (κ1) is 22.6. The molecule has 172 valence electrons. The fraction of sp³-hybridized carbons (Fsp3) is 0.962. The molecule has 0 heterocycles. The Bertz CT molecular complexity index is 635. The number of hydrogen-bond acceptors (Lipinski definition) is 4. The highest BCUT2D eigenvalue weighted by atomic mass is 16.5. The number of fused-ring (bicyclic) bond motifs is 5. The molecule has 0 amide bonds. The number of carbonyl (C=O) groups is 1. The molecular formula is C26H44O4. The minimum atomic E-state index is -0.247. The summed E-state index contributed by atoms with van der Waals surface area (Å²) in [7, 11) is 0. The first-order chi connectivity index (χ1) is 14.2. The molecule has 4 heteroatoms. The van der Waals surface area contributed by atoms with Gasteiger partial charge in [-0.3, -0.25) is 4.79 Å². The van der Waals surface area contributed by atoms with Crippen LogP contribution in [0, 0.1) is 46.3 Å². The molecule has 0 aromatic rings. The van der Waals surface area contributed by atoms with E-state index in [2.05, 4.69) is 20.8 Å². The third-order valence-corrected chi connectivity index (χ3v) is 10.6. The van der Waals surface area contributed by atoms with E-state index < -0.39 is 0 Å². The maximum absolute atomic E-state index is 11.9. The van der Waals surface area contributed by atoms with E-state index in [1.165, 1.54) is 25.7 Å². The number of aliphatic hydroxyl groups is 2. The van der Waals surface area contributed by atoms with E-state index in [1.54, 1.807) is 0 Å². The van der Waals surface area contributed by atoms with Gasteiger partial charge in [-0.15, -0.1) is 0 Å². The molecule has 4 nitrogen and oxygen atoms in total. The van der Waals surface area contributed by atoms with Crippen LogP contribution in [0.3, 0.4) is 0 Å². The lowest BCUT2D eigenvalue weighted by molar-refractivity contribution is -0.175. The summed E-state index contributed by atoms with van der Waals surface area (Å²) in [5.74, 6) is 3.39. The summed E-state index contributed by atoms with van der Waals surface area (Å²) in [6.45, 7) is 9.45. The van der Waals surface area contributed by atoms with E-state index >= 15 is 0 Å². The molecule has 0 aromatic carbocycles. The number of rotatable bonds is 5. The molecule has 10 atom stereocenters. The first-order valence-electron chi connectivity index (χ1n) is 12.7. The summed E-state index contributed by atoms with van der Waals surface area (Å²) in [6, 6.07) is 0. The van der Waals surface area contributed by atoms with Gasteiger partial charge in [-0.2, -0.15) is 0 Å². The number of ether oxygens (including phenoxy) is 1. The van der Waals surface area contributed by atoms with Gasteiger partial charge in [0.05, 0.1) is 18.8 Å². The largest absolute Gasteiger partial charge is 0.466 e. The molecule has 2 unspecified atom stereocenters. The number of carbonyl (C=O) groups excluding carboxylic acids is 1. The van der Waals surface area contributed by atoms with Crippen molar-refractivity contribution < 1.29 is 19.7 Å². The second-order valence-electron chi connectivity index (χ2n) is 11.7. The molecule has 0 saturated heterocycles. The zero-order valence-corrected chi connectivity index (χ0v) is 19.6. The zero-order chi connectivity index (χ0) is 21.7. The van der Waals surface area contributed by atoms with Crippen LogP contribution in [0.2, 0.25) is 0 Å². The summed E-state index contributed by atoms with van der Waals surface area (Å²) in [5.41, 5.74) is 0.269. The lowest BCUT2D eigenvalue weighted by Crippen LogP contribution is -2.58. The van der Waals surface area contributed by atoms with E-state index in [-0.39, 0.29) is 29.0 Å². The van der Waals surface area contributed by atoms with Crippen molar-refractivity contribution in [3.8, 4) is 0 Å². The van der Waals surface area contributed by atoms with Gasteiger partial charge in [0, 0.05) is 6.42 Å². The van der Waals surface area contributed by atoms with Crippen molar-refractivity contribution in [2.24, 2.45) is 46.3 Å². The van der Waals surface area contributed by atoms with Gasteiger partial charge in [0.25, 0.3) is 0 Å². The van der Waals surface area contributed by atoms with E-state index in [0.29, 0.717) is 42.6 Å². The number of aliphatic hydroxyl groups excluding tert-OH is 2. The Hall–Kier alpha value is -0.610. The van der Waals surface area contributed by atoms with Gasteiger partial charge in [0.15, 0.2) is 0 Å². The van der Waals surface area contributed by atoms with E-state index in [1.807, 2.05) is 6.92 Å². The first-order valence-corrected chi connectivity index (χ1v) is 12.7. The minimum Gasteiger partial charge on any atom is -0.466 e. The summed E-state index contributed by atoms with van der Waals surface area (Å²) in [4.78, 5) is 11.9. The van der Waals surface area contributed by atoms with Crippen molar-refractivity contribution in [1.29, 1.82) is 0 Å². The molecule has 30 heavy (non-hydrogen) atoms. The van der Waals surface area contributed by atoms with Crippen molar-refractivity contribution in [3.05, 3.63) is 0 Å². The van der Waals surface area contributed by atoms with Gasteiger partial charge >= 0.3 is 5.97 Å². The molecule has 4 aliphatic carbocycles.